The standard InChI is InChI=1S/C20H23BrCl2N2O3S/c1-20(2,3)13-24-19(26)12-25(11-14-4-7-16(22)10-18(14)23)29(27,28)17-8-5-15(21)6-9-17/h4-10H,11-13H2,1-3H3,(H,24,26). The average Bonchev–Trinajstić information content (AvgIpc) is 2.61. The van der Waals surface area contributed by atoms with E-state index < -0.39 is 10.0 Å². The summed E-state index contributed by atoms with van der Waals surface area (Å²) in [6.07, 6.45) is 0. The normalized spacial score (nSPS) is 12.2. The fourth-order valence-corrected chi connectivity index (χ4v) is 4.51. The minimum absolute atomic E-state index is 0.0582. The zero-order chi connectivity index (χ0) is 21.8. The summed E-state index contributed by atoms with van der Waals surface area (Å²) in [6, 6.07) is 11.1. The second-order valence-corrected chi connectivity index (χ2v) is 11.5. The molecule has 0 radical (unpaired) electrons. The number of carbonyl (C=O) groups is 1. The molecular weight excluding hydrogens is 499 g/mol. The zero-order valence-electron chi connectivity index (χ0n) is 16.4. The van der Waals surface area contributed by atoms with Crippen LogP contribution in [0.1, 0.15) is 26.3 Å². The van der Waals surface area contributed by atoms with Crippen molar-refractivity contribution in [3.63, 3.8) is 0 Å². The van der Waals surface area contributed by atoms with Crippen LogP contribution in [0, 0.1) is 5.41 Å². The number of nitrogens with one attached hydrogen (secondary N) is 1. The van der Waals surface area contributed by atoms with Crippen molar-refractivity contribution >= 4 is 55.1 Å². The van der Waals surface area contributed by atoms with Crippen LogP contribution in [0.2, 0.25) is 10.0 Å². The van der Waals surface area contributed by atoms with E-state index in [9.17, 15) is 13.2 Å². The number of halogens is 3. The first-order valence-corrected chi connectivity index (χ1v) is 11.8. The molecule has 9 heteroatoms. The van der Waals surface area contributed by atoms with Crippen LogP contribution >= 0.6 is 39.1 Å². The quantitative estimate of drug-likeness (QED) is 0.550. The van der Waals surface area contributed by atoms with Crippen molar-refractivity contribution in [1.29, 1.82) is 0 Å². The van der Waals surface area contributed by atoms with E-state index in [1.54, 1.807) is 30.3 Å². The lowest BCUT2D eigenvalue weighted by Gasteiger charge is -2.24. The minimum Gasteiger partial charge on any atom is -0.354 e. The molecule has 0 spiro atoms. The molecule has 5 nitrogen and oxygen atoms in total. The van der Waals surface area contributed by atoms with Crippen molar-refractivity contribution in [3.8, 4) is 0 Å². The molecule has 2 rings (SSSR count). The maximum absolute atomic E-state index is 13.2. The Morgan fingerprint density at radius 1 is 1.10 bits per heavy atom. The monoisotopic (exact) mass is 520 g/mol. The molecule has 0 heterocycles. The second kappa shape index (κ2) is 9.79. The molecule has 29 heavy (non-hydrogen) atoms. The number of carbonyl (C=O) groups excluding carboxylic acids is 1. The van der Waals surface area contributed by atoms with Gasteiger partial charge in [-0.2, -0.15) is 4.31 Å². The maximum Gasteiger partial charge on any atom is 0.243 e. The number of nitrogens with zero attached hydrogens (tertiary/aromatic N) is 1. The summed E-state index contributed by atoms with van der Waals surface area (Å²) in [5.41, 5.74) is 0.435. The first kappa shape index (κ1) is 24.2. The Labute approximate surface area is 190 Å². The summed E-state index contributed by atoms with van der Waals surface area (Å²) in [4.78, 5) is 12.6. The largest absolute Gasteiger partial charge is 0.354 e. The molecule has 0 aliphatic rings. The molecule has 0 aliphatic carbocycles. The van der Waals surface area contributed by atoms with Crippen molar-refractivity contribution in [2.45, 2.75) is 32.2 Å². The van der Waals surface area contributed by atoms with Gasteiger partial charge in [0.2, 0.25) is 15.9 Å². The Balaban J connectivity index is 2.33. The van der Waals surface area contributed by atoms with Gasteiger partial charge in [0.25, 0.3) is 0 Å². The zero-order valence-corrected chi connectivity index (χ0v) is 20.3. The maximum atomic E-state index is 13.2. The molecule has 0 saturated heterocycles. The van der Waals surface area contributed by atoms with Gasteiger partial charge in [0.15, 0.2) is 0 Å². The van der Waals surface area contributed by atoms with Crippen molar-refractivity contribution < 1.29 is 13.2 Å². The molecule has 0 aliphatic heterocycles. The SMILES string of the molecule is CC(C)(C)CNC(=O)CN(Cc1ccc(Cl)cc1Cl)S(=O)(=O)c1ccc(Br)cc1. The fourth-order valence-electron chi connectivity index (χ4n) is 2.40. The van der Waals surface area contributed by atoms with Gasteiger partial charge < -0.3 is 5.32 Å². The van der Waals surface area contributed by atoms with Gasteiger partial charge in [-0.25, -0.2) is 8.42 Å². The molecule has 0 atom stereocenters. The summed E-state index contributed by atoms with van der Waals surface area (Å²) in [5, 5.41) is 3.57. The van der Waals surface area contributed by atoms with Crippen LogP contribution in [0.3, 0.4) is 0 Å². The molecule has 0 aromatic heterocycles. The first-order chi connectivity index (χ1) is 13.4. The third-order valence-corrected chi connectivity index (χ3v) is 6.87. The van der Waals surface area contributed by atoms with Crippen molar-refractivity contribution in [3.05, 3.63) is 62.5 Å². The lowest BCUT2D eigenvalue weighted by Crippen LogP contribution is -2.42. The summed E-state index contributed by atoms with van der Waals surface area (Å²) < 4.78 is 28.3. The molecule has 1 amide bonds. The summed E-state index contributed by atoms with van der Waals surface area (Å²) in [6.45, 7) is 6.00. The van der Waals surface area contributed by atoms with E-state index in [4.69, 9.17) is 23.2 Å². The Hall–Kier alpha value is -1.12. The highest BCUT2D eigenvalue weighted by molar-refractivity contribution is 9.10. The summed E-state index contributed by atoms with van der Waals surface area (Å²) in [5.74, 6) is -0.384. The third kappa shape index (κ3) is 7.26. The van der Waals surface area contributed by atoms with Gasteiger partial charge in [-0.3, -0.25) is 4.79 Å². The van der Waals surface area contributed by atoms with Gasteiger partial charge in [-0.1, -0.05) is 66.0 Å². The molecule has 0 saturated carbocycles. The Kier molecular flexibility index (Phi) is 8.15. The summed E-state index contributed by atoms with van der Waals surface area (Å²) in [7, 11) is -3.93. The van der Waals surface area contributed by atoms with Gasteiger partial charge in [0.1, 0.15) is 0 Å². The molecule has 2 aromatic rings. The second-order valence-electron chi connectivity index (χ2n) is 7.80. The number of rotatable bonds is 7. The van der Waals surface area contributed by atoms with Crippen LogP contribution in [0.25, 0.3) is 0 Å². The predicted octanol–water partition coefficient (Wildman–Crippen LogP) is 5.11. The highest BCUT2D eigenvalue weighted by atomic mass is 79.9. The number of sulfonamides is 1. The van der Waals surface area contributed by atoms with Crippen molar-refractivity contribution in [2.24, 2.45) is 5.41 Å². The molecule has 0 bridgehead atoms. The Morgan fingerprint density at radius 3 is 2.28 bits per heavy atom. The number of hydrogen-bond donors (Lipinski definition) is 1. The van der Waals surface area contributed by atoms with Crippen LogP contribution in [0.5, 0.6) is 0 Å². The molecule has 158 valence electrons. The van der Waals surface area contributed by atoms with Crippen LogP contribution in [0.4, 0.5) is 0 Å². The fraction of sp³-hybridized carbons (Fsp3) is 0.350. The van der Waals surface area contributed by atoms with Crippen molar-refractivity contribution in [2.75, 3.05) is 13.1 Å². The lowest BCUT2D eigenvalue weighted by atomic mass is 9.97. The van der Waals surface area contributed by atoms with Gasteiger partial charge in [-0.15, -0.1) is 0 Å². The van der Waals surface area contributed by atoms with Crippen LogP contribution < -0.4 is 5.32 Å². The van der Waals surface area contributed by atoms with Crippen LogP contribution in [-0.2, 0) is 21.4 Å². The number of hydrogen-bond acceptors (Lipinski definition) is 3. The van der Waals surface area contributed by atoms with Gasteiger partial charge in [0.05, 0.1) is 11.4 Å². The molecule has 1 N–H and O–H groups in total. The van der Waals surface area contributed by atoms with E-state index in [0.29, 0.717) is 22.2 Å². The average molecular weight is 522 g/mol. The number of amides is 1. The van der Waals surface area contributed by atoms with Crippen LogP contribution in [0.15, 0.2) is 51.8 Å². The summed E-state index contributed by atoms with van der Waals surface area (Å²) >= 11 is 15.5. The first-order valence-electron chi connectivity index (χ1n) is 8.85. The smallest absolute Gasteiger partial charge is 0.243 e. The molecule has 2 aromatic carbocycles. The third-order valence-electron chi connectivity index (χ3n) is 3.95. The van der Waals surface area contributed by atoms with E-state index in [1.165, 1.54) is 12.1 Å². The highest BCUT2D eigenvalue weighted by Crippen LogP contribution is 2.26. The molecule has 0 unspecified atom stereocenters. The minimum atomic E-state index is -3.93. The van der Waals surface area contributed by atoms with E-state index in [1.807, 2.05) is 20.8 Å². The van der Waals surface area contributed by atoms with E-state index >= 15 is 0 Å². The molecular formula is C20H23BrCl2N2O3S. The number of benzene rings is 2. The van der Waals surface area contributed by atoms with E-state index in [2.05, 4.69) is 21.2 Å². The van der Waals surface area contributed by atoms with E-state index in [0.717, 1.165) is 8.78 Å². The highest BCUT2D eigenvalue weighted by Gasteiger charge is 2.28. The van der Waals surface area contributed by atoms with E-state index in [-0.39, 0.29) is 29.3 Å². The van der Waals surface area contributed by atoms with Crippen LogP contribution in [-0.4, -0.2) is 31.7 Å². The molecule has 0 fully saturated rings. The van der Waals surface area contributed by atoms with Gasteiger partial charge in [-0.05, 0) is 47.4 Å². The topological polar surface area (TPSA) is 66.5 Å². The Morgan fingerprint density at radius 2 is 1.72 bits per heavy atom. The van der Waals surface area contributed by atoms with Crippen molar-refractivity contribution in [1.82, 2.24) is 9.62 Å². The van der Waals surface area contributed by atoms with Gasteiger partial charge >= 0.3 is 0 Å². The Bertz CT molecular complexity index is 974. The predicted molar refractivity (Wildman–Crippen MR) is 121 cm³/mol. The van der Waals surface area contributed by atoms with Gasteiger partial charge in [0, 0.05) is 27.6 Å². The lowest BCUT2D eigenvalue weighted by molar-refractivity contribution is -0.121.